The van der Waals surface area contributed by atoms with E-state index in [1.54, 1.807) is 12.1 Å². The lowest BCUT2D eigenvalue weighted by atomic mass is 10.2. The number of hydrogen-bond donors (Lipinski definition) is 0. The van der Waals surface area contributed by atoms with Gasteiger partial charge in [0.2, 0.25) is 0 Å². The van der Waals surface area contributed by atoms with Gasteiger partial charge in [-0.1, -0.05) is 19.1 Å². The number of benzene rings is 1. The predicted octanol–water partition coefficient (Wildman–Crippen LogP) is 2.75. The highest BCUT2D eigenvalue weighted by Crippen LogP contribution is 2.16. The highest BCUT2D eigenvalue weighted by molar-refractivity contribution is 5.42. The van der Waals surface area contributed by atoms with Gasteiger partial charge in [-0.2, -0.15) is 5.26 Å². The lowest BCUT2D eigenvalue weighted by molar-refractivity contribution is 0.0426. The summed E-state index contributed by atoms with van der Waals surface area (Å²) in [5.74, 6) is 0.623. The lowest BCUT2D eigenvalue weighted by Gasteiger charge is -2.11. The van der Waals surface area contributed by atoms with Crippen LogP contribution in [0.1, 0.15) is 25.8 Å². The van der Waals surface area contributed by atoms with Gasteiger partial charge < -0.3 is 9.47 Å². The van der Waals surface area contributed by atoms with Crippen LogP contribution in [0.15, 0.2) is 24.3 Å². The summed E-state index contributed by atoms with van der Waals surface area (Å²) in [6.07, 6.45) is 1.25. The molecular weight excluding hydrogens is 202 g/mol. The van der Waals surface area contributed by atoms with Crippen LogP contribution in [0.25, 0.3) is 0 Å². The van der Waals surface area contributed by atoms with Crippen molar-refractivity contribution < 1.29 is 9.47 Å². The van der Waals surface area contributed by atoms with Crippen molar-refractivity contribution in [1.82, 2.24) is 0 Å². The summed E-state index contributed by atoms with van der Waals surface area (Å²) in [5.41, 5.74) is 0.561. The first-order valence-electron chi connectivity index (χ1n) is 5.51. The summed E-state index contributed by atoms with van der Waals surface area (Å²) in [5, 5.41) is 8.84. The maximum atomic E-state index is 8.84. The Labute approximate surface area is 96.6 Å². The van der Waals surface area contributed by atoms with Gasteiger partial charge in [-0.25, -0.2) is 0 Å². The molecule has 0 spiro atoms. The first kappa shape index (κ1) is 12.5. The molecule has 0 aliphatic heterocycles. The molecule has 16 heavy (non-hydrogen) atoms. The van der Waals surface area contributed by atoms with E-state index in [1.165, 1.54) is 0 Å². The molecule has 0 aliphatic rings. The molecule has 1 aromatic carbocycles. The number of nitriles is 1. The molecule has 1 aromatic rings. The summed E-state index contributed by atoms with van der Waals surface area (Å²) < 4.78 is 11.0. The highest BCUT2D eigenvalue weighted by atomic mass is 16.5. The van der Waals surface area contributed by atoms with Crippen LogP contribution in [-0.2, 0) is 4.74 Å². The maximum absolute atomic E-state index is 8.84. The van der Waals surface area contributed by atoms with Crippen molar-refractivity contribution >= 4 is 0 Å². The fourth-order valence-corrected chi connectivity index (χ4v) is 1.20. The molecule has 0 radical (unpaired) electrons. The normalized spacial score (nSPS) is 11.8. The van der Waals surface area contributed by atoms with Gasteiger partial charge in [0.05, 0.1) is 18.3 Å². The molecular formula is C13H17NO2. The molecule has 3 heteroatoms. The van der Waals surface area contributed by atoms with Gasteiger partial charge in [-0.05, 0) is 25.5 Å². The molecule has 0 bridgehead atoms. The topological polar surface area (TPSA) is 42.2 Å². The fraction of sp³-hybridized carbons (Fsp3) is 0.462. The molecule has 0 amide bonds. The minimum absolute atomic E-state index is 0.259. The van der Waals surface area contributed by atoms with Gasteiger partial charge in [0.1, 0.15) is 18.4 Å². The van der Waals surface area contributed by atoms with Crippen LogP contribution >= 0.6 is 0 Å². The second-order valence-corrected chi connectivity index (χ2v) is 3.55. The monoisotopic (exact) mass is 219 g/mol. The molecule has 1 rings (SSSR count). The molecule has 86 valence electrons. The Hall–Kier alpha value is -1.53. The Balaban J connectivity index is 2.35. The van der Waals surface area contributed by atoms with Crippen LogP contribution in [0.5, 0.6) is 5.75 Å². The van der Waals surface area contributed by atoms with E-state index in [0.29, 0.717) is 24.5 Å². The standard InChI is InChI=1S/C13H17NO2/c1-3-11(2)15-8-9-16-13-7-5-4-6-12(13)10-14/h4-7,11H,3,8-9H2,1-2H3. The van der Waals surface area contributed by atoms with Crippen LogP contribution < -0.4 is 4.74 Å². The minimum atomic E-state index is 0.259. The van der Waals surface area contributed by atoms with Gasteiger partial charge in [0.25, 0.3) is 0 Å². The predicted molar refractivity (Wildman–Crippen MR) is 62.4 cm³/mol. The van der Waals surface area contributed by atoms with Crippen molar-refractivity contribution in [2.24, 2.45) is 0 Å². The smallest absolute Gasteiger partial charge is 0.137 e. The number of nitrogens with zero attached hydrogens (tertiary/aromatic N) is 1. The zero-order valence-corrected chi connectivity index (χ0v) is 9.77. The number of hydrogen-bond acceptors (Lipinski definition) is 3. The average Bonchev–Trinajstić information content (AvgIpc) is 2.34. The first-order chi connectivity index (χ1) is 7.77. The lowest BCUT2D eigenvalue weighted by Crippen LogP contribution is -2.13. The molecule has 0 heterocycles. The molecule has 1 atom stereocenters. The number of rotatable bonds is 6. The van der Waals surface area contributed by atoms with Crippen LogP contribution in [0.3, 0.4) is 0 Å². The Morgan fingerprint density at radius 2 is 2.06 bits per heavy atom. The van der Waals surface area contributed by atoms with E-state index in [2.05, 4.69) is 13.0 Å². The van der Waals surface area contributed by atoms with Crippen molar-refractivity contribution in [3.05, 3.63) is 29.8 Å². The zero-order chi connectivity index (χ0) is 11.8. The van der Waals surface area contributed by atoms with Gasteiger partial charge >= 0.3 is 0 Å². The zero-order valence-electron chi connectivity index (χ0n) is 9.77. The molecule has 0 aromatic heterocycles. The van der Waals surface area contributed by atoms with E-state index in [0.717, 1.165) is 6.42 Å². The Kier molecular flexibility index (Phi) is 5.38. The second kappa shape index (κ2) is 6.86. The third-order valence-corrected chi connectivity index (χ3v) is 2.33. The Morgan fingerprint density at radius 1 is 1.31 bits per heavy atom. The van der Waals surface area contributed by atoms with E-state index >= 15 is 0 Å². The minimum Gasteiger partial charge on any atom is -0.490 e. The van der Waals surface area contributed by atoms with Crippen molar-refractivity contribution in [3.63, 3.8) is 0 Å². The average molecular weight is 219 g/mol. The van der Waals surface area contributed by atoms with E-state index in [9.17, 15) is 0 Å². The number of ether oxygens (including phenoxy) is 2. The third-order valence-electron chi connectivity index (χ3n) is 2.33. The van der Waals surface area contributed by atoms with Crippen molar-refractivity contribution in [2.75, 3.05) is 13.2 Å². The second-order valence-electron chi connectivity index (χ2n) is 3.55. The van der Waals surface area contributed by atoms with Crippen LogP contribution in [-0.4, -0.2) is 19.3 Å². The van der Waals surface area contributed by atoms with E-state index < -0.39 is 0 Å². The summed E-state index contributed by atoms with van der Waals surface area (Å²) in [4.78, 5) is 0. The largest absolute Gasteiger partial charge is 0.490 e. The van der Waals surface area contributed by atoms with E-state index in [-0.39, 0.29) is 6.10 Å². The van der Waals surface area contributed by atoms with E-state index in [4.69, 9.17) is 14.7 Å². The van der Waals surface area contributed by atoms with Gasteiger partial charge in [-0.15, -0.1) is 0 Å². The fourth-order valence-electron chi connectivity index (χ4n) is 1.20. The molecule has 0 fully saturated rings. The summed E-state index contributed by atoms with van der Waals surface area (Å²) in [7, 11) is 0. The Bertz CT molecular complexity index is 357. The van der Waals surface area contributed by atoms with Crippen molar-refractivity contribution in [1.29, 1.82) is 5.26 Å². The molecule has 0 saturated carbocycles. The molecule has 3 nitrogen and oxygen atoms in total. The summed E-state index contributed by atoms with van der Waals surface area (Å²) in [6.45, 7) is 5.14. The van der Waals surface area contributed by atoms with E-state index in [1.807, 2.05) is 19.1 Å². The third kappa shape index (κ3) is 3.92. The van der Waals surface area contributed by atoms with Crippen molar-refractivity contribution in [2.45, 2.75) is 26.4 Å². The molecule has 0 saturated heterocycles. The molecule has 0 aliphatic carbocycles. The quantitative estimate of drug-likeness (QED) is 0.691. The first-order valence-corrected chi connectivity index (χ1v) is 5.51. The van der Waals surface area contributed by atoms with Crippen LogP contribution in [0.4, 0.5) is 0 Å². The maximum Gasteiger partial charge on any atom is 0.137 e. The molecule has 0 N–H and O–H groups in total. The van der Waals surface area contributed by atoms with Crippen molar-refractivity contribution in [3.8, 4) is 11.8 Å². The Morgan fingerprint density at radius 3 is 2.75 bits per heavy atom. The van der Waals surface area contributed by atoms with Gasteiger partial charge in [0, 0.05) is 0 Å². The highest BCUT2D eigenvalue weighted by Gasteiger charge is 2.02. The van der Waals surface area contributed by atoms with Gasteiger partial charge in [0.15, 0.2) is 0 Å². The van der Waals surface area contributed by atoms with Gasteiger partial charge in [-0.3, -0.25) is 0 Å². The van der Waals surface area contributed by atoms with Crippen LogP contribution in [0, 0.1) is 11.3 Å². The summed E-state index contributed by atoms with van der Waals surface area (Å²) in [6, 6.07) is 9.30. The molecule has 1 unspecified atom stereocenters. The summed E-state index contributed by atoms with van der Waals surface area (Å²) >= 11 is 0. The number of para-hydroxylation sites is 1. The van der Waals surface area contributed by atoms with Crippen LogP contribution in [0.2, 0.25) is 0 Å². The SMILES string of the molecule is CCC(C)OCCOc1ccccc1C#N.